The number of hydrogen-bond acceptors (Lipinski definition) is 5. The minimum absolute atomic E-state index is 0.0193. The first-order valence-electron chi connectivity index (χ1n) is 9.64. The zero-order valence-electron chi connectivity index (χ0n) is 16.1. The molecule has 0 spiro atoms. The molecule has 148 valence electrons. The highest BCUT2D eigenvalue weighted by atomic mass is 16.5. The third-order valence-corrected chi connectivity index (χ3v) is 4.67. The van der Waals surface area contributed by atoms with E-state index in [1.54, 1.807) is 17.3 Å². The fourth-order valence-corrected chi connectivity index (χ4v) is 3.12. The van der Waals surface area contributed by atoms with Crippen LogP contribution in [0, 0.1) is 0 Å². The van der Waals surface area contributed by atoms with Crippen molar-refractivity contribution in [2.75, 3.05) is 31.6 Å². The monoisotopic (exact) mass is 389 g/mol. The minimum Gasteiger partial charge on any atom is -0.489 e. The number of rotatable bonds is 6. The quantitative estimate of drug-likeness (QED) is 0.693. The molecule has 1 amide bonds. The van der Waals surface area contributed by atoms with Crippen LogP contribution in [-0.2, 0) is 11.3 Å². The topological polar surface area (TPSA) is 63.7 Å². The lowest BCUT2D eigenvalue weighted by molar-refractivity contribution is 0.0302. The van der Waals surface area contributed by atoms with E-state index in [0.29, 0.717) is 38.5 Å². The van der Waals surface area contributed by atoms with Crippen molar-refractivity contribution >= 4 is 17.3 Å². The summed E-state index contributed by atoms with van der Waals surface area (Å²) in [6.45, 7) is 2.91. The van der Waals surface area contributed by atoms with Crippen molar-refractivity contribution in [3.8, 4) is 5.75 Å². The fraction of sp³-hybridized carbons (Fsp3) is 0.217. The number of amides is 1. The molecule has 2 aromatic carbocycles. The van der Waals surface area contributed by atoms with Gasteiger partial charge in [-0.2, -0.15) is 0 Å². The molecular weight excluding hydrogens is 366 g/mol. The Morgan fingerprint density at radius 2 is 1.76 bits per heavy atom. The molecule has 0 aliphatic carbocycles. The van der Waals surface area contributed by atoms with Crippen LogP contribution >= 0.6 is 0 Å². The molecule has 6 nitrogen and oxygen atoms in total. The lowest BCUT2D eigenvalue weighted by Crippen LogP contribution is -2.40. The molecule has 6 heteroatoms. The van der Waals surface area contributed by atoms with Gasteiger partial charge in [0.2, 0.25) is 0 Å². The maximum Gasteiger partial charge on any atom is 0.255 e. The van der Waals surface area contributed by atoms with Crippen LogP contribution in [0.5, 0.6) is 5.75 Å². The van der Waals surface area contributed by atoms with Gasteiger partial charge >= 0.3 is 0 Å². The first-order chi connectivity index (χ1) is 14.3. The summed E-state index contributed by atoms with van der Waals surface area (Å²) in [5.41, 5.74) is 3.36. The van der Waals surface area contributed by atoms with E-state index in [0.717, 1.165) is 22.7 Å². The standard InChI is InChI=1S/C23H23N3O3/c27-23(26-10-12-28-13-11-26)19-14-21(16-24-15-19)25-20-6-8-22(9-7-20)29-17-18-4-2-1-3-5-18/h1-9,14-16,25H,10-13,17H2. The highest BCUT2D eigenvalue weighted by Crippen LogP contribution is 2.21. The molecule has 0 unspecified atom stereocenters. The largest absolute Gasteiger partial charge is 0.489 e. The van der Waals surface area contributed by atoms with E-state index in [9.17, 15) is 4.79 Å². The summed E-state index contributed by atoms with van der Waals surface area (Å²) in [6.07, 6.45) is 3.30. The van der Waals surface area contributed by atoms with Crippen molar-refractivity contribution in [3.63, 3.8) is 0 Å². The second-order valence-corrected chi connectivity index (χ2v) is 6.79. The second-order valence-electron chi connectivity index (χ2n) is 6.79. The van der Waals surface area contributed by atoms with E-state index < -0.39 is 0 Å². The molecule has 1 aliphatic rings. The Balaban J connectivity index is 1.37. The summed E-state index contributed by atoms with van der Waals surface area (Å²) in [5, 5.41) is 3.29. The van der Waals surface area contributed by atoms with Gasteiger partial charge in [-0.05, 0) is 35.9 Å². The smallest absolute Gasteiger partial charge is 0.255 e. The van der Waals surface area contributed by atoms with Crippen molar-refractivity contribution in [2.24, 2.45) is 0 Å². The number of nitrogens with one attached hydrogen (secondary N) is 1. The molecular formula is C23H23N3O3. The van der Waals surface area contributed by atoms with Crippen LogP contribution in [0.15, 0.2) is 73.1 Å². The van der Waals surface area contributed by atoms with Gasteiger partial charge < -0.3 is 19.7 Å². The third kappa shape index (κ3) is 5.12. The highest BCUT2D eigenvalue weighted by molar-refractivity contribution is 5.95. The van der Waals surface area contributed by atoms with Gasteiger partial charge in [-0.1, -0.05) is 30.3 Å². The maximum absolute atomic E-state index is 12.6. The summed E-state index contributed by atoms with van der Waals surface area (Å²) < 4.78 is 11.1. The van der Waals surface area contributed by atoms with E-state index >= 15 is 0 Å². The maximum atomic E-state index is 12.6. The van der Waals surface area contributed by atoms with Gasteiger partial charge in [-0.25, -0.2) is 0 Å². The second kappa shape index (κ2) is 9.21. The van der Waals surface area contributed by atoms with E-state index in [1.807, 2.05) is 60.7 Å². The number of carbonyl (C=O) groups is 1. The number of morpholine rings is 1. The molecule has 29 heavy (non-hydrogen) atoms. The van der Waals surface area contributed by atoms with Crippen LogP contribution in [0.4, 0.5) is 11.4 Å². The van der Waals surface area contributed by atoms with Gasteiger partial charge in [0.1, 0.15) is 12.4 Å². The van der Waals surface area contributed by atoms with Crippen LogP contribution in [0.2, 0.25) is 0 Å². The Kier molecular flexibility index (Phi) is 6.02. The molecule has 0 radical (unpaired) electrons. The van der Waals surface area contributed by atoms with Crippen LogP contribution < -0.4 is 10.1 Å². The van der Waals surface area contributed by atoms with Crippen molar-refractivity contribution < 1.29 is 14.3 Å². The minimum atomic E-state index is -0.0193. The Labute approximate surface area is 170 Å². The fourth-order valence-electron chi connectivity index (χ4n) is 3.12. The Morgan fingerprint density at radius 3 is 2.52 bits per heavy atom. The molecule has 0 atom stereocenters. The van der Waals surface area contributed by atoms with E-state index in [-0.39, 0.29) is 5.91 Å². The molecule has 4 rings (SSSR count). The number of aromatic nitrogens is 1. The van der Waals surface area contributed by atoms with Gasteiger partial charge in [-0.15, -0.1) is 0 Å². The van der Waals surface area contributed by atoms with Crippen molar-refractivity contribution in [1.29, 1.82) is 0 Å². The predicted octanol–water partition coefficient (Wildman–Crippen LogP) is 3.88. The summed E-state index contributed by atoms with van der Waals surface area (Å²) in [5.74, 6) is 0.780. The number of ether oxygens (including phenoxy) is 2. The predicted molar refractivity (Wildman–Crippen MR) is 111 cm³/mol. The van der Waals surface area contributed by atoms with Crippen LogP contribution in [0.25, 0.3) is 0 Å². The van der Waals surface area contributed by atoms with Gasteiger partial charge in [0.05, 0.1) is 30.7 Å². The van der Waals surface area contributed by atoms with Gasteiger partial charge in [0.25, 0.3) is 5.91 Å². The summed E-state index contributed by atoms with van der Waals surface area (Å²) in [4.78, 5) is 18.6. The van der Waals surface area contributed by atoms with Crippen LogP contribution in [-0.4, -0.2) is 42.1 Å². The number of anilines is 2. The average molecular weight is 389 g/mol. The molecule has 1 aromatic heterocycles. The molecule has 1 fully saturated rings. The highest BCUT2D eigenvalue weighted by Gasteiger charge is 2.19. The van der Waals surface area contributed by atoms with Crippen LogP contribution in [0.1, 0.15) is 15.9 Å². The Hall–Kier alpha value is -3.38. The first-order valence-corrected chi connectivity index (χ1v) is 9.64. The molecule has 1 saturated heterocycles. The zero-order valence-corrected chi connectivity index (χ0v) is 16.1. The molecule has 3 aromatic rings. The summed E-state index contributed by atoms with van der Waals surface area (Å²) in [7, 11) is 0. The molecule has 2 heterocycles. The normalized spacial score (nSPS) is 13.7. The van der Waals surface area contributed by atoms with E-state index in [2.05, 4.69) is 10.3 Å². The number of carbonyl (C=O) groups excluding carboxylic acids is 1. The van der Waals surface area contributed by atoms with Crippen molar-refractivity contribution in [2.45, 2.75) is 6.61 Å². The zero-order chi connectivity index (χ0) is 19.9. The first kappa shape index (κ1) is 19.0. The lowest BCUT2D eigenvalue weighted by Gasteiger charge is -2.26. The van der Waals surface area contributed by atoms with Crippen molar-refractivity contribution in [3.05, 3.63) is 84.2 Å². The third-order valence-electron chi connectivity index (χ3n) is 4.67. The van der Waals surface area contributed by atoms with Gasteiger partial charge in [0.15, 0.2) is 0 Å². The summed E-state index contributed by atoms with van der Waals surface area (Å²) in [6, 6.07) is 19.6. The van der Waals surface area contributed by atoms with Gasteiger partial charge in [0, 0.05) is 25.0 Å². The SMILES string of the molecule is O=C(c1cncc(Nc2ccc(OCc3ccccc3)cc2)c1)N1CCOCC1. The van der Waals surface area contributed by atoms with E-state index in [1.165, 1.54) is 0 Å². The number of benzene rings is 2. The average Bonchev–Trinajstić information content (AvgIpc) is 2.79. The molecule has 0 saturated carbocycles. The molecule has 1 aliphatic heterocycles. The Bertz CT molecular complexity index is 939. The molecule has 1 N–H and O–H groups in total. The van der Waals surface area contributed by atoms with Crippen molar-refractivity contribution in [1.82, 2.24) is 9.88 Å². The number of hydrogen-bond donors (Lipinski definition) is 1. The van der Waals surface area contributed by atoms with Crippen LogP contribution in [0.3, 0.4) is 0 Å². The molecule has 0 bridgehead atoms. The van der Waals surface area contributed by atoms with Gasteiger partial charge in [-0.3, -0.25) is 9.78 Å². The number of nitrogens with zero attached hydrogens (tertiary/aromatic N) is 2. The lowest BCUT2D eigenvalue weighted by atomic mass is 10.2. The van der Waals surface area contributed by atoms with E-state index in [4.69, 9.17) is 9.47 Å². The Morgan fingerprint density at radius 1 is 1.00 bits per heavy atom. The summed E-state index contributed by atoms with van der Waals surface area (Å²) >= 11 is 0. The number of pyridine rings is 1.